The van der Waals surface area contributed by atoms with Gasteiger partial charge in [0.15, 0.2) is 0 Å². The molecular weight excluding hydrogens is 234 g/mol. The van der Waals surface area contributed by atoms with Crippen LogP contribution in [0.2, 0.25) is 0 Å². The van der Waals surface area contributed by atoms with Crippen LogP contribution in [0.15, 0.2) is 24.5 Å². The Morgan fingerprint density at radius 2 is 1.89 bits per heavy atom. The molecular formula is C16H27N3. The topological polar surface area (TPSA) is 28.2 Å². The fourth-order valence-corrected chi connectivity index (χ4v) is 3.63. The highest BCUT2D eigenvalue weighted by atomic mass is 15.2. The molecule has 19 heavy (non-hydrogen) atoms. The van der Waals surface area contributed by atoms with E-state index in [0.717, 1.165) is 0 Å². The number of nitrogens with one attached hydrogen (secondary N) is 1. The Bertz CT molecular complexity index is 367. The minimum atomic E-state index is 0.217. The number of hydrogen-bond donors (Lipinski definition) is 1. The standard InChI is InChI=1S/C16H27N3/c1-17-15(14-9-8-12-18-13-14)16(19(2)3)10-6-4-5-7-11-16/h8-9,12-13,15,17H,4-7,10-11H2,1-3H3. The van der Waals surface area contributed by atoms with Crippen molar-refractivity contribution < 1.29 is 0 Å². The van der Waals surface area contributed by atoms with Crippen LogP contribution >= 0.6 is 0 Å². The molecule has 1 unspecified atom stereocenters. The normalized spacial score (nSPS) is 21.1. The van der Waals surface area contributed by atoms with Crippen LogP contribution in [0.1, 0.15) is 50.1 Å². The van der Waals surface area contributed by atoms with Crippen LogP contribution in [-0.2, 0) is 0 Å². The quantitative estimate of drug-likeness (QED) is 0.845. The van der Waals surface area contributed by atoms with E-state index in [4.69, 9.17) is 0 Å². The van der Waals surface area contributed by atoms with Crippen molar-refractivity contribution in [1.82, 2.24) is 15.2 Å². The van der Waals surface area contributed by atoms with Gasteiger partial charge >= 0.3 is 0 Å². The van der Waals surface area contributed by atoms with Gasteiger partial charge in [0.05, 0.1) is 6.04 Å². The molecule has 1 aromatic heterocycles. The van der Waals surface area contributed by atoms with Gasteiger partial charge in [0.1, 0.15) is 0 Å². The Morgan fingerprint density at radius 1 is 1.21 bits per heavy atom. The molecule has 0 aromatic carbocycles. The summed E-state index contributed by atoms with van der Waals surface area (Å²) in [7, 11) is 6.53. The summed E-state index contributed by atoms with van der Waals surface area (Å²) in [5, 5.41) is 3.56. The summed E-state index contributed by atoms with van der Waals surface area (Å²) < 4.78 is 0. The van der Waals surface area contributed by atoms with Gasteiger partial charge in [-0.05, 0) is 45.6 Å². The van der Waals surface area contributed by atoms with Crippen LogP contribution in [0.25, 0.3) is 0 Å². The molecule has 3 heteroatoms. The number of hydrogen-bond acceptors (Lipinski definition) is 3. The van der Waals surface area contributed by atoms with Crippen molar-refractivity contribution in [2.75, 3.05) is 21.1 Å². The molecule has 106 valence electrons. The van der Waals surface area contributed by atoms with E-state index in [0.29, 0.717) is 6.04 Å². The Labute approximate surface area is 117 Å². The predicted octanol–water partition coefficient (Wildman–Crippen LogP) is 3.00. The first-order valence-electron chi connectivity index (χ1n) is 7.45. The molecule has 1 fully saturated rings. The van der Waals surface area contributed by atoms with E-state index in [-0.39, 0.29) is 5.54 Å². The third kappa shape index (κ3) is 2.98. The lowest BCUT2D eigenvalue weighted by atomic mass is 9.78. The van der Waals surface area contributed by atoms with Gasteiger partial charge in [0.2, 0.25) is 0 Å². The summed E-state index contributed by atoms with van der Waals surface area (Å²) in [5.41, 5.74) is 1.52. The number of nitrogens with zero attached hydrogens (tertiary/aromatic N) is 2. The van der Waals surface area contributed by atoms with Crippen LogP contribution in [-0.4, -0.2) is 36.6 Å². The minimum absolute atomic E-state index is 0.217. The minimum Gasteiger partial charge on any atom is -0.311 e. The van der Waals surface area contributed by atoms with Gasteiger partial charge in [0.25, 0.3) is 0 Å². The third-order valence-corrected chi connectivity index (χ3v) is 4.70. The van der Waals surface area contributed by atoms with E-state index in [2.05, 4.69) is 42.4 Å². The fourth-order valence-electron chi connectivity index (χ4n) is 3.63. The zero-order valence-electron chi connectivity index (χ0n) is 12.5. The highest BCUT2D eigenvalue weighted by Crippen LogP contribution is 2.40. The second-order valence-corrected chi connectivity index (χ2v) is 5.92. The maximum absolute atomic E-state index is 4.30. The van der Waals surface area contributed by atoms with E-state index in [1.54, 1.807) is 0 Å². The van der Waals surface area contributed by atoms with E-state index in [9.17, 15) is 0 Å². The molecule has 3 nitrogen and oxygen atoms in total. The largest absolute Gasteiger partial charge is 0.311 e. The van der Waals surface area contributed by atoms with Gasteiger partial charge in [-0.25, -0.2) is 0 Å². The second-order valence-electron chi connectivity index (χ2n) is 5.92. The fraction of sp³-hybridized carbons (Fsp3) is 0.688. The van der Waals surface area contributed by atoms with Crippen LogP contribution in [0, 0.1) is 0 Å². The van der Waals surface area contributed by atoms with Crippen molar-refractivity contribution in [2.45, 2.75) is 50.1 Å². The molecule has 0 aliphatic heterocycles. The lowest BCUT2D eigenvalue weighted by molar-refractivity contribution is 0.0833. The Hall–Kier alpha value is -0.930. The van der Waals surface area contributed by atoms with Gasteiger partial charge < -0.3 is 10.2 Å². The van der Waals surface area contributed by atoms with Crippen molar-refractivity contribution in [3.63, 3.8) is 0 Å². The molecule has 0 saturated heterocycles. The Kier molecular flexibility index (Phi) is 4.94. The monoisotopic (exact) mass is 261 g/mol. The predicted molar refractivity (Wildman–Crippen MR) is 80.2 cm³/mol. The van der Waals surface area contributed by atoms with Gasteiger partial charge in [-0.1, -0.05) is 31.7 Å². The van der Waals surface area contributed by atoms with Gasteiger partial charge in [-0.15, -0.1) is 0 Å². The zero-order chi connectivity index (χ0) is 13.7. The highest BCUT2D eigenvalue weighted by Gasteiger charge is 2.41. The van der Waals surface area contributed by atoms with Crippen molar-refractivity contribution in [1.29, 1.82) is 0 Å². The molecule has 1 atom stereocenters. The highest BCUT2D eigenvalue weighted by molar-refractivity contribution is 5.20. The van der Waals surface area contributed by atoms with Crippen LogP contribution in [0.3, 0.4) is 0 Å². The Morgan fingerprint density at radius 3 is 2.37 bits per heavy atom. The average molecular weight is 261 g/mol. The van der Waals surface area contributed by atoms with E-state index >= 15 is 0 Å². The molecule has 1 aliphatic rings. The first kappa shape index (κ1) is 14.5. The summed E-state index contributed by atoms with van der Waals surface area (Å²) >= 11 is 0. The molecule has 1 aromatic rings. The maximum Gasteiger partial charge on any atom is 0.0519 e. The lowest BCUT2D eigenvalue weighted by Gasteiger charge is -2.46. The summed E-state index contributed by atoms with van der Waals surface area (Å²) in [6.07, 6.45) is 11.8. The summed E-state index contributed by atoms with van der Waals surface area (Å²) in [4.78, 5) is 6.74. The third-order valence-electron chi connectivity index (χ3n) is 4.70. The smallest absolute Gasteiger partial charge is 0.0519 e. The summed E-state index contributed by atoms with van der Waals surface area (Å²) in [5.74, 6) is 0. The first-order valence-corrected chi connectivity index (χ1v) is 7.45. The number of rotatable bonds is 4. The summed E-state index contributed by atoms with van der Waals surface area (Å²) in [6.45, 7) is 0. The molecule has 2 rings (SSSR count). The maximum atomic E-state index is 4.30. The van der Waals surface area contributed by atoms with E-state index in [1.807, 2.05) is 18.5 Å². The number of pyridine rings is 1. The first-order chi connectivity index (χ1) is 9.20. The van der Waals surface area contributed by atoms with Gasteiger partial charge in [-0.3, -0.25) is 4.98 Å². The van der Waals surface area contributed by atoms with Gasteiger partial charge in [0, 0.05) is 17.9 Å². The number of likely N-dealkylation sites (N-methyl/N-ethyl adjacent to an activating group) is 2. The molecule has 1 N–H and O–H groups in total. The molecule has 0 amide bonds. The van der Waals surface area contributed by atoms with Crippen LogP contribution < -0.4 is 5.32 Å². The van der Waals surface area contributed by atoms with Crippen molar-refractivity contribution in [3.05, 3.63) is 30.1 Å². The molecule has 1 saturated carbocycles. The van der Waals surface area contributed by atoms with E-state index < -0.39 is 0 Å². The van der Waals surface area contributed by atoms with Crippen molar-refractivity contribution in [3.8, 4) is 0 Å². The van der Waals surface area contributed by atoms with Crippen LogP contribution in [0.4, 0.5) is 0 Å². The van der Waals surface area contributed by atoms with Crippen LogP contribution in [0.5, 0.6) is 0 Å². The Balaban J connectivity index is 2.35. The van der Waals surface area contributed by atoms with Gasteiger partial charge in [-0.2, -0.15) is 0 Å². The molecule has 1 heterocycles. The second kappa shape index (κ2) is 6.49. The summed E-state index contributed by atoms with van der Waals surface area (Å²) in [6, 6.07) is 4.60. The van der Waals surface area contributed by atoms with Crippen molar-refractivity contribution >= 4 is 0 Å². The molecule has 1 aliphatic carbocycles. The lowest BCUT2D eigenvalue weighted by Crippen LogP contribution is -2.53. The zero-order valence-corrected chi connectivity index (χ0v) is 12.5. The van der Waals surface area contributed by atoms with E-state index in [1.165, 1.54) is 44.1 Å². The number of aromatic nitrogens is 1. The SMILES string of the molecule is CNC(c1cccnc1)C1(N(C)C)CCCCCC1. The molecule has 0 spiro atoms. The van der Waals surface area contributed by atoms with Crippen molar-refractivity contribution in [2.24, 2.45) is 0 Å². The average Bonchev–Trinajstić information content (AvgIpc) is 2.68. The molecule has 0 radical (unpaired) electrons. The molecule has 0 bridgehead atoms.